The normalized spacial score (nSPS) is 13.8. The highest BCUT2D eigenvalue weighted by Crippen LogP contribution is 2.35. The first-order valence-corrected chi connectivity index (χ1v) is 10.4. The highest BCUT2D eigenvalue weighted by molar-refractivity contribution is 5.95. The van der Waals surface area contributed by atoms with Crippen LogP contribution < -0.4 is 15.0 Å². The molecule has 2 N–H and O–H groups in total. The maximum atomic E-state index is 14.8. The molecular formula is C23H24F3N5O2. The number of carbonyl (C=O) groups excluding carboxylic acids is 1. The van der Waals surface area contributed by atoms with Crippen molar-refractivity contribution in [3.8, 4) is 16.9 Å². The Morgan fingerprint density at radius 1 is 1.21 bits per heavy atom. The molecule has 0 bridgehead atoms. The lowest BCUT2D eigenvalue weighted by Gasteiger charge is -2.26. The van der Waals surface area contributed by atoms with E-state index in [0.29, 0.717) is 36.5 Å². The molecule has 4 rings (SSSR count). The molecular weight excluding hydrogens is 435 g/mol. The number of nitrogens with one attached hydrogen (secondary N) is 2. The number of aromatic nitrogens is 2. The van der Waals surface area contributed by atoms with E-state index in [9.17, 15) is 18.0 Å². The number of urea groups is 1. The summed E-state index contributed by atoms with van der Waals surface area (Å²) in [5.74, 6) is -1.59. The van der Waals surface area contributed by atoms with Crippen LogP contribution >= 0.6 is 0 Å². The Kier molecular flexibility index (Phi) is 6.28. The average molecular weight is 459 g/mol. The Bertz CT molecular complexity index is 1180. The van der Waals surface area contributed by atoms with Crippen LogP contribution in [0.3, 0.4) is 0 Å². The molecule has 0 radical (unpaired) electrons. The zero-order chi connectivity index (χ0) is 23.7. The minimum atomic E-state index is -0.793. The van der Waals surface area contributed by atoms with Crippen molar-refractivity contribution >= 4 is 11.7 Å². The van der Waals surface area contributed by atoms with Crippen LogP contribution in [0.5, 0.6) is 5.75 Å². The van der Waals surface area contributed by atoms with E-state index in [0.717, 1.165) is 5.56 Å². The third-order valence-electron chi connectivity index (χ3n) is 5.57. The summed E-state index contributed by atoms with van der Waals surface area (Å²) in [6, 6.07) is 6.08. The predicted molar refractivity (Wildman–Crippen MR) is 118 cm³/mol. The van der Waals surface area contributed by atoms with Crippen molar-refractivity contribution in [3.63, 3.8) is 0 Å². The van der Waals surface area contributed by atoms with E-state index in [1.807, 2.05) is 19.0 Å². The fourth-order valence-electron chi connectivity index (χ4n) is 4.02. The van der Waals surface area contributed by atoms with Crippen LogP contribution in [0, 0.1) is 17.6 Å². The number of amides is 2. The Balaban J connectivity index is 1.60. The van der Waals surface area contributed by atoms with Gasteiger partial charge in [0.2, 0.25) is 5.95 Å². The molecule has 0 unspecified atom stereocenters. The summed E-state index contributed by atoms with van der Waals surface area (Å²) < 4.78 is 47.9. The molecule has 0 fully saturated rings. The van der Waals surface area contributed by atoms with Crippen LogP contribution in [0.4, 0.5) is 23.7 Å². The van der Waals surface area contributed by atoms with Crippen LogP contribution in [0.25, 0.3) is 11.1 Å². The Hall–Kier alpha value is -3.53. The van der Waals surface area contributed by atoms with Gasteiger partial charge in [0.25, 0.3) is 0 Å². The van der Waals surface area contributed by atoms with Gasteiger partial charge in [-0.25, -0.2) is 13.6 Å². The van der Waals surface area contributed by atoms with E-state index in [2.05, 4.69) is 15.5 Å². The molecule has 2 aromatic carbocycles. The van der Waals surface area contributed by atoms with Gasteiger partial charge in [0.15, 0.2) is 0 Å². The van der Waals surface area contributed by atoms with Crippen LogP contribution in [0.2, 0.25) is 0 Å². The van der Waals surface area contributed by atoms with Crippen molar-refractivity contribution in [1.82, 2.24) is 20.4 Å². The number of H-pyrrole nitrogens is 1. The standard InChI is InChI=1S/C23H24F3N5O2/c1-30(2)12-20(14-6-15(24)9-16(7-14)33-3)28-23(32)31-5-4-13-8-17(19(25)10-21(13)31)18-11-27-29-22(18)26/h6-11,20H,4-5,12H2,1-3H3,(H,27,29)(H,28,32)/t20-/m0/s1. The maximum absolute atomic E-state index is 14.8. The first-order chi connectivity index (χ1) is 15.8. The summed E-state index contributed by atoms with van der Waals surface area (Å²) in [4.78, 5) is 16.5. The Morgan fingerprint density at radius 2 is 2.00 bits per heavy atom. The van der Waals surface area contributed by atoms with Crippen molar-refractivity contribution in [2.45, 2.75) is 12.5 Å². The van der Waals surface area contributed by atoms with Crippen molar-refractivity contribution in [3.05, 3.63) is 65.2 Å². The van der Waals surface area contributed by atoms with Crippen LogP contribution in [-0.2, 0) is 6.42 Å². The molecule has 1 atom stereocenters. The highest BCUT2D eigenvalue weighted by Gasteiger charge is 2.29. The van der Waals surface area contributed by atoms with Gasteiger partial charge in [0, 0.05) is 30.9 Å². The second kappa shape index (κ2) is 9.14. The number of nitrogens with zero attached hydrogens (tertiary/aromatic N) is 3. The fourth-order valence-corrected chi connectivity index (χ4v) is 4.02. The van der Waals surface area contributed by atoms with E-state index in [4.69, 9.17) is 4.74 Å². The monoisotopic (exact) mass is 459 g/mol. The molecule has 33 heavy (non-hydrogen) atoms. The van der Waals surface area contributed by atoms with Gasteiger partial charge in [-0.2, -0.15) is 4.39 Å². The number of ether oxygens (including phenoxy) is 1. The topological polar surface area (TPSA) is 73.5 Å². The van der Waals surface area contributed by atoms with E-state index in [-0.39, 0.29) is 11.1 Å². The van der Waals surface area contributed by atoms with Gasteiger partial charge in [-0.1, -0.05) is 0 Å². The second-order valence-corrected chi connectivity index (χ2v) is 8.14. The number of hydrogen-bond donors (Lipinski definition) is 2. The summed E-state index contributed by atoms with van der Waals surface area (Å²) in [6.45, 7) is 0.741. The van der Waals surface area contributed by atoms with Crippen molar-refractivity contribution in [1.29, 1.82) is 0 Å². The van der Waals surface area contributed by atoms with Gasteiger partial charge < -0.3 is 15.0 Å². The minimum Gasteiger partial charge on any atom is -0.497 e. The molecule has 2 heterocycles. The summed E-state index contributed by atoms with van der Waals surface area (Å²) >= 11 is 0. The third kappa shape index (κ3) is 4.65. The lowest BCUT2D eigenvalue weighted by Crippen LogP contribution is -2.43. The quantitative estimate of drug-likeness (QED) is 0.587. The molecule has 0 saturated heterocycles. The van der Waals surface area contributed by atoms with Crippen LogP contribution in [-0.4, -0.2) is 55.4 Å². The molecule has 10 heteroatoms. The minimum absolute atomic E-state index is 0.0318. The second-order valence-electron chi connectivity index (χ2n) is 8.14. The highest BCUT2D eigenvalue weighted by atomic mass is 19.1. The van der Waals surface area contributed by atoms with Gasteiger partial charge in [-0.05, 0) is 55.9 Å². The number of likely N-dealkylation sites (N-methyl/N-ethyl adjacent to an activating group) is 1. The number of carbonyl (C=O) groups is 1. The molecule has 0 spiro atoms. The SMILES string of the molecule is COc1cc(F)cc([C@H](CN(C)C)NC(=O)N2CCc3cc(-c4c[nH]nc4F)c(F)cc32)c1. The number of aromatic amines is 1. The van der Waals surface area contributed by atoms with E-state index in [1.54, 1.807) is 12.1 Å². The molecule has 0 saturated carbocycles. The third-order valence-corrected chi connectivity index (χ3v) is 5.57. The molecule has 7 nitrogen and oxygen atoms in total. The zero-order valence-corrected chi connectivity index (χ0v) is 18.5. The van der Waals surface area contributed by atoms with Gasteiger partial charge in [0.1, 0.15) is 17.4 Å². The summed E-state index contributed by atoms with van der Waals surface area (Å²) in [7, 11) is 5.12. The van der Waals surface area contributed by atoms with Gasteiger partial charge in [0.05, 0.1) is 24.4 Å². The fraction of sp³-hybridized carbons (Fsp3) is 0.304. The van der Waals surface area contributed by atoms with E-state index < -0.39 is 29.7 Å². The van der Waals surface area contributed by atoms with Gasteiger partial charge >= 0.3 is 6.03 Å². The first kappa shape index (κ1) is 22.7. The molecule has 1 aliphatic rings. The number of fused-ring (bicyclic) bond motifs is 1. The van der Waals surface area contributed by atoms with Crippen molar-refractivity contribution < 1.29 is 22.7 Å². The number of methoxy groups -OCH3 is 1. The van der Waals surface area contributed by atoms with Gasteiger partial charge in [-0.3, -0.25) is 10.00 Å². The van der Waals surface area contributed by atoms with E-state index >= 15 is 0 Å². The number of rotatable bonds is 6. The first-order valence-electron chi connectivity index (χ1n) is 10.4. The van der Waals surface area contributed by atoms with Gasteiger partial charge in [-0.15, -0.1) is 5.10 Å². The lowest BCUT2D eigenvalue weighted by atomic mass is 10.0. The molecule has 174 valence electrons. The molecule has 0 aliphatic carbocycles. The number of halogens is 3. The number of anilines is 1. The number of benzene rings is 2. The van der Waals surface area contributed by atoms with Crippen LogP contribution in [0.15, 0.2) is 36.5 Å². The van der Waals surface area contributed by atoms with Crippen LogP contribution in [0.1, 0.15) is 17.2 Å². The van der Waals surface area contributed by atoms with Crippen molar-refractivity contribution in [2.24, 2.45) is 0 Å². The summed E-state index contributed by atoms with van der Waals surface area (Å²) in [5, 5.41) is 8.70. The van der Waals surface area contributed by atoms with Crippen molar-refractivity contribution in [2.75, 3.05) is 39.2 Å². The molecule has 1 aliphatic heterocycles. The Labute approximate surface area is 189 Å². The summed E-state index contributed by atoms with van der Waals surface area (Å²) in [5.41, 5.74) is 1.80. The predicted octanol–water partition coefficient (Wildman–Crippen LogP) is 3.88. The lowest BCUT2D eigenvalue weighted by molar-refractivity contribution is 0.238. The zero-order valence-electron chi connectivity index (χ0n) is 18.5. The van der Waals surface area contributed by atoms with E-state index in [1.165, 1.54) is 36.4 Å². The molecule has 2 amide bonds. The molecule has 1 aromatic heterocycles. The maximum Gasteiger partial charge on any atom is 0.322 e. The smallest absolute Gasteiger partial charge is 0.322 e. The molecule has 3 aromatic rings. The largest absolute Gasteiger partial charge is 0.497 e. The number of hydrogen-bond acceptors (Lipinski definition) is 4. The summed E-state index contributed by atoms with van der Waals surface area (Å²) in [6.07, 6.45) is 1.78. The Morgan fingerprint density at radius 3 is 2.67 bits per heavy atom. The average Bonchev–Trinajstić information content (AvgIpc) is 3.37.